The molecule has 0 fully saturated rings. The normalized spacial score (nSPS) is 10.8. The second kappa shape index (κ2) is 5.76. The number of aryl methyl sites for hydroxylation is 1. The van der Waals surface area contributed by atoms with Crippen LogP contribution in [0.25, 0.3) is 0 Å². The number of rotatable bonds is 4. The largest absolute Gasteiger partial charge is 0.328 e. The Morgan fingerprint density at radius 1 is 1.28 bits per heavy atom. The Balaban J connectivity index is 2.26. The van der Waals surface area contributed by atoms with Crippen LogP contribution >= 0.6 is 27.5 Å². The number of halogens is 2. The molecule has 0 atom stereocenters. The van der Waals surface area contributed by atoms with Gasteiger partial charge in [0.2, 0.25) is 0 Å². The van der Waals surface area contributed by atoms with E-state index in [1.165, 1.54) is 0 Å². The summed E-state index contributed by atoms with van der Waals surface area (Å²) in [5.41, 5.74) is 0.951. The third-order valence-corrected chi connectivity index (χ3v) is 3.58. The van der Waals surface area contributed by atoms with E-state index in [2.05, 4.69) is 22.9 Å². The fourth-order valence-corrected chi connectivity index (χ4v) is 2.55. The van der Waals surface area contributed by atoms with E-state index in [0.29, 0.717) is 11.6 Å². The summed E-state index contributed by atoms with van der Waals surface area (Å²) in [7, 11) is 0. The molecule has 5 heteroatoms. The van der Waals surface area contributed by atoms with Crippen molar-refractivity contribution in [2.75, 3.05) is 0 Å². The van der Waals surface area contributed by atoms with E-state index in [4.69, 9.17) is 11.6 Å². The van der Waals surface area contributed by atoms with E-state index < -0.39 is 0 Å². The Bertz CT molecular complexity index is 603. The molecule has 0 unspecified atom stereocenters. The van der Waals surface area contributed by atoms with Crippen molar-refractivity contribution in [1.29, 1.82) is 0 Å². The van der Waals surface area contributed by atoms with E-state index in [9.17, 15) is 4.79 Å². The SMILES string of the molecule is CCCn1ccn(Cc2ccc(Br)cc2Cl)c1=O. The average molecular weight is 330 g/mol. The molecule has 0 amide bonds. The molecule has 2 aromatic rings. The van der Waals surface area contributed by atoms with Gasteiger partial charge in [-0.15, -0.1) is 0 Å². The lowest BCUT2D eigenvalue weighted by molar-refractivity contribution is 0.624. The first-order valence-electron chi connectivity index (χ1n) is 5.81. The van der Waals surface area contributed by atoms with Gasteiger partial charge in [0.1, 0.15) is 0 Å². The number of benzene rings is 1. The molecule has 1 heterocycles. The van der Waals surface area contributed by atoms with Crippen molar-refractivity contribution in [2.24, 2.45) is 0 Å². The molecular formula is C13H14BrClN2O. The lowest BCUT2D eigenvalue weighted by atomic mass is 10.2. The molecule has 0 aliphatic heterocycles. The van der Waals surface area contributed by atoms with Gasteiger partial charge in [0.15, 0.2) is 0 Å². The van der Waals surface area contributed by atoms with Crippen LogP contribution in [0.1, 0.15) is 18.9 Å². The summed E-state index contributed by atoms with van der Waals surface area (Å²) in [5, 5.41) is 0.666. The molecule has 0 aliphatic rings. The molecule has 0 saturated carbocycles. The van der Waals surface area contributed by atoms with Gasteiger partial charge in [-0.05, 0) is 24.1 Å². The quantitative estimate of drug-likeness (QED) is 0.843. The monoisotopic (exact) mass is 328 g/mol. The van der Waals surface area contributed by atoms with Crippen LogP contribution in [0.15, 0.2) is 39.9 Å². The second-order valence-electron chi connectivity index (χ2n) is 4.14. The van der Waals surface area contributed by atoms with Crippen molar-refractivity contribution in [1.82, 2.24) is 9.13 Å². The highest BCUT2D eigenvalue weighted by molar-refractivity contribution is 9.10. The van der Waals surface area contributed by atoms with Crippen molar-refractivity contribution in [3.63, 3.8) is 0 Å². The fraction of sp³-hybridized carbons (Fsp3) is 0.308. The lowest BCUT2D eigenvalue weighted by Gasteiger charge is -2.05. The Morgan fingerprint density at radius 3 is 2.67 bits per heavy atom. The Labute approximate surface area is 119 Å². The molecule has 3 nitrogen and oxygen atoms in total. The fourth-order valence-electron chi connectivity index (χ4n) is 1.82. The van der Waals surface area contributed by atoms with Crippen LogP contribution in [0, 0.1) is 0 Å². The molecule has 0 radical (unpaired) electrons. The third kappa shape index (κ3) is 2.87. The first-order valence-corrected chi connectivity index (χ1v) is 6.98. The summed E-state index contributed by atoms with van der Waals surface area (Å²) in [5.74, 6) is 0. The molecule has 18 heavy (non-hydrogen) atoms. The minimum absolute atomic E-state index is 0.0100. The highest BCUT2D eigenvalue weighted by Gasteiger charge is 2.06. The molecule has 0 N–H and O–H groups in total. The minimum Gasteiger partial charge on any atom is -0.299 e. The molecule has 0 saturated heterocycles. The molecule has 0 bridgehead atoms. The summed E-state index contributed by atoms with van der Waals surface area (Å²) in [6.07, 6.45) is 4.57. The molecule has 1 aromatic heterocycles. The van der Waals surface area contributed by atoms with Crippen LogP contribution < -0.4 is 5.69 Å². The summed E-state index contributed by atoms with van der Waals surface area (Å²) in [4.78, 5) is 12.0. The summed E-state index contributed by atoms with van der Waals surface area (Å²) in [6.45, 7) is 3.30. The number of aromatic nitrogens is 2. The summed E-state index contributed by atoms with van der Waals surface area (Å²) in [6, 6.07) is 5.69. The first kappa shape index (κ1) is 13.4. The van der Waals surface area contributed by atoms with Crippen molar-refractivity contribution in [2.45, 2.75) is 26.4 Å². The van der Waals surface area contributed by atoms with Crippen molar-refractivity contribution in [3.05, 3.63) is 56.1 Å². The maximum Gasteiger partial charge on any atom is 0.328 e. The zero-order chi connectivity index (χ0) is 13.1. The van der Waals surface area contributed by atoms with Crippen LogP contribution in [0.2, 0.25) is 5.02 Å². The van der Waals surface area contributed by atoms with Crippen molar-refractivity contribution < 1.29 is 0 Å². The predicted molar refractivity (Wildman–Crippen MR) is 77.2 cm³/mol. The van der Waals surface area contributed by atoms with Crippen LogP contribution in [-0.4, -0.2) is 9.13 Å². The van der Waals surface area contributed by atoms with Gasteiger partial charge in [-0.3, -0.25) is 9.13 Å². The maximum absolute atomic E-state index is 12.0. The Hall–Kier alpha value is -1.00. The van der Waals surface area contributed by atoms with Gasteiger partial charge in [-0.2, -0.15) is 0 Å². The van der Waals surface area contributed by atoms with Crippen LogP contribution in [0.3, 0.4) is 0 Å². The van der Waals surface area contributed by atoms with Crippen LogP contribution in [0.5, 0.6) is 0 Å². The average Bonchev–Trinajstić information content (AvgIpc) is 2.66. The Morgan fingerprint density at radius 2 is 2.00 bits per heavy atom. The van der Waals surface area contributed by atoms with Crippen LogP contribution in [0.4, 0.5) is 0 Å². The lowest BCUT2D eigenvalue weighted by Crippen LogP contribution is -2.24. The molecule has 0 aliphatic carbocycles. The van der Waals surface area contributed by atoms with Crippen LogP contribution in [-0.2, 0) is 13.1 Å². The number of nitrogens with zero attached hydrogens (tertiary/aromatic N) is 2. The minimum atomic E-state index is 0.0100. The predicted octanol–water partition coefficient (Wildman–Crippen LogP) is 3.52. The van der Waals surface area contributed by atoms with Gasteiger partial charge < -0.3 is 0 Å². The van der Waals surface area contributed by atoms with E-state index >= 15 is 0 Å². The highest BCUT2D eigenvalue weighted by atomic mass is 79.9. The second-order valence-corrected chi connectivity index (χ2v) is 5.46. The number of hydrogen-bond donors (Lipinski definition) is 0. The third-order valence-electron chi connectivity index (χ3n) is 2.74. The number of imidazole rings is 1. The molecular weight excluding hydrogens is 316 g/mol. The van der Waals surface area contributed by atoms with Crippen molar-refractivity contribution >= 4 is 27.5 Å². The molecule has 1 aromatic carbocycles. The molecule has 2 rings (SSSR count). The molecule has 96 valence electrons. The van der Waals surface area contributed by atoms with Gasteiger partial charge in [0.05, 0.1) is 6.54 Å². The van der Waals surface area contributed by atoms with E-state index in [0.717, 1.165) is 23.0 Å². The van der Waals surface area contributed by atoms with Gasteiger partial charge in [0.25, 0.3) is 0 Å². The highest BCUT2D eigenvalue weighted by Crippen LogP contribution is 2.21. The standard InChI is InChI=1S/C13H14BrClN2O/c1-2-5-16-6-7-17(13(16)18)9-10-3-4-11(14)8-12(10)15/h3-4,6-8H,2,5,9H2,1H3. The van der Waals surface area contributed by atoms with E-state index in [1.54, 1.807) is 15.3 Å². The van der Waals surface area contributed by atoms with Gasteiger partial charge >= 0.3 is 5.69 Å². The maximum atomic E-state index is 12.0. The van der Waals surface area contributed by atoms with Gasteiger partial charge in [-0.1, -0.05) is 40.5 Å². The smallest absolute Gasteiger partial charge is 0.299 e. The number of hydrogen-bond acceptors (Lipinski definition) is 1. The summed E-state index contributed by atoms with van der Waals surface area (Å²) < 4.78 is 4.32. The van der Waals surface area contributed by atoms with Gasteiger partial charge in [0, 0.05) is 28.4 Å². The van der Waals surface area contributed by atoms with Gasteiger partial charge in [-0.25, -0.2) is 4.79 Å². The summed E-state index contributed by atoms with van der Waals surface area (Å²) >= 11 is 9.51. The zero-order valence-electron chi connectivity index (χ0n) is 10.1. The molecule has 0 spiro atoms. The first-order chi connectivity index (χ1) is 8.61. The Kier molecular flexibility index (Phi) is 4.30. The van der Waals surface area contributed by atoms with E-state index in [-0.39, 0.29) is 5.69 Å². The van der Waals surface area contributed by atoms with E-state index in [1.807, 2.05) is 24.4 Å². The topological polar surface area (TPSA) is 26.9 Å². The van der Waals surface area contributed by atoms with Crippen molar-refractivity contribution in [3.8, 4) is 0 Å². The zero-order valence-corrected chi connectivity index (χ0v) is 12.4.